The Kier molecular flexibility index (Phi) is 5.01. The van der Waals surface area contributed by atoms with Crippen molar-refractivity contribution < 1.29 is 14.5 Å². The number of non-ortho nitro benzene ring substituents is 1. The molecule has 1 aromatic rings. The number of carbonyl (C=O) groups is 2. The van der Waals surface area contributed by atoms with E-state index in [1.54, 1.807) is 0 Å². The zero-order chi connectivity index (χ0) is 15.3. The first-order valence-electron chi connectivity index (χ1n) is 5.99. The maximum absolute atomic E-state index is 12.0. The molecule has 2 amide bonds. The third kappa shape index (κ3) is 3.67. The van der Waals surface area contributed by atoms with E-state index in [4.69, 9.17) is 5.73 Å². The number of anilines is 1. The fourth-order valence-corrected chi connectivity index (χ4v) is 1.52. The molecule has 8 heteroatoms. The van der Waals surface area contributed by atoms with Crippen molar-refractivity contribution >= 4 is 23.2 Å². The molecule has 0 spiro atoms. The maximum Gasteiger partial charge on any atom is 0.270 e. The SMILES string of the molecule is CCNc1ccc([N+](=O)[O-])cc1C(=O)NC(C)C(N)=O. The number of nitrogens with two attached hydrogens (primary N) is 1. The second-order valence-electron chi connectivity index (χ2n) is 4.11. The summed E-state index contributed by atoms with van der Waals surface area (Å²) < 4.78 is 0. The van der Waals surface area contributed by atoms with Crippen molar-refractivity contribution in [1.82, 2.24) is 5.32 Å². The third-order valence-electron chi connectivity index (χ3n) is 2.60. The lowest BCUT2D eigenvalue weighted by Crippen LogP contribution is -2.42. The van der Waals surface area contributed by atoms with E-state index in [0.29, 0.717) is 12.2 Å². The van der Waals surface area contributed by atoms with Crippen LogP contribution >= 0.6 is 0 Å². The number of hydrogen-bond donors (Lipinski definition) is 3. The molecule has 0 radical (unpaired) electrons. The quantitative estimate of drug-likeness (QED) is 0.520. The van der Waals surface area contributed by atoms with Crippen LogP contribution in [0.1, 0.15) is 24.2 Å². The van der Waals surface area contributed by atoms with Crippen LogP contribution in [0.3, 0.4) is 0 Å². The Morgan fingerprint density at radius 1 is 1.45 bits per heavy atom. The van der Waals surface area contributed by atoms with Crippen molar-refractivity contribution in [2.24, 2.45) is 5.73 Å². The number of nitrogens with one attached hydrogen (secondary N) is 2. The molecule has 0 saturated heterocycles. The van der Waals surface area contributed by atoms with Crippen LogP contribution in [0.4, 0.5) is 11.4 Å². The molecule has 0 aliphatic heterocycles. The van der Waals surface area contributed by atoms with Gasteiger partial charge in [-0.15, -0.1) is 0 Å². The lowest BCUT2D eigenvalue weighted by Gasteiger charge is -2.13. The summed E-state index contributed by atoms with van der Waals surface area (Å²) in [6.07, 6.45) is 0. The van der Waals surface area contributed by atoms with E-state index in [-0.39, 0.29) is 11.3 Å². The van der Waals surface area contributed by atoms with Gasteiger partial charge < -0.3 is 16.4 Å². The van der Waals surface area contributed by atoms with Crippen LogP contribution in [0, 0.1) is 10.1 Å². The number of hydrogen-bond acceptors (Lipinski definition) is 5. The molecule has 0 aliphatic rings. The summed E-state index contributed by atoms with van der Waals surface area (Å²) in [4.78, 5) is 33.1. The Morgan fingerprint density at radius 2 is 2.10 bits per heavy atom. The van der Waals surface area contributed by atoms with Gasteiger partial charge in [-0.2, -0.15) is 0 Å². The lowest BCUT2D eigenvalue weighted by molar-refractivity contribution is -0.384. The first-order valence-corrected chi connectivity index (χ1v) is 5.99. The second-order valence-corrected chi connectivity index (χ2v) is 4.11. The molecule has 1 unspecified atom stereocenters. The Balaban J connectivity index is 3.11. The van der Waals surface area contributed by atoms with Gasteiger partial charge in [-0.3, -0.25) is 19.7 Å². The molecule has 0 saturated carbocycles. The molecule has 0 fully saturated rings. The molecule has 20 heavy (non-hydrogen) atoms. The summed E-state index contributed by atoms with van der Waals surface area (Å²) in [6.45, 7) is 3.81. The van der Waals surface area contributed by atoms with Crippen molar-refractivity contribution in [3.05, 3.63) is 33.9 Å². The van der Waals surface area contributed by atoms with Crippen LogP contribution in [-0.4, -0.2) is 29.3 Å². The average Bonchev–Trinajstić information content (AvgIpc) is 2.38. The van der Waals surface area contributed by atoms with Crippen LogP contribution in [0.25, 0.3) is 0 Å². The van der Waals surface area contributed by atoms with E-state index in [0.717, 1.165) is 6.07 Å². The van der Waals surface area contributed by atoms with E-state index in [1.165, 1.54) is 19.1 Å². The number of amides is 2. The number of nitrogens with zero attached hydrogens (tertiary/aromatic N) is 1. The predicted molar refractivity (Wildman–Crippen MR) is 73.4 cm³/mol. The Hall–Kier alpha value is -2.64. The Labute approximate surface area is 115 Å². The van der Waals surface area contributed by atoms with Gasteiger partial charge in [-0.1, -0.05) is 0 Å². The van der Waals surface area contributed by atoms with Crippen LogP contribution in [-0.2, 0) is 4.79 Å². The van der Waals surface area contributed by atoms with Gasteiger partial charge in [-0.25, -0.2) is 0 Å². The van der Waals surface area contributed by atoms with Crippen LogP contribution in [0.15, 0.2) is 18.2 Å². The highest BCUT2D eigenvalue weighted by Gasteiger charge is 2.19. The van der Waals surface area contributed by atoms with Gasteiger partial charge >= 0.3 is 0 Å². The van der Waals surface area contributed by atoms with E-state index >= 15 is 0 Å². The van der Waals surface area contributed by atoms with Gasteiger partial charge in [0.1, 0.15) is 6.04 Å². The first kappa shape index (κ1) is 15.4. The molecule has 1 atom stereocenters. The number of nitro benzene ring substituents is 1. The predicted octanol–water partition coefficient (Wildman–Crippen LogP) is 0.630. The number of primary amides is 1. The molecule has 8 nitrogen and oxygen atoms in total. The van der Waals surface area contributed by atoms with Gasteiger partial charge in [0.25, 0.3) is 11.6 Å². The standard InChI is InChI=1S/C12H16N4O4/c1-3-14-10-5-4-8(16(19)20)6-9(10)12(18)15-7(2)11(13)17/h4-7,14H,3H2,1-2H3,(H2,13,17)(H,15,18). The van der Waals surface area contributed by atoms with Crippen LogP contribution < -0.4 is 16.4 Å². The van der Waals surface area contributed by atoms with Gasteiger partial charge in [0, 0.05) is 24.4 Å². The summed E-state index contributed by atoms with van der Waals surface area (Å²) in [5, 5.41) is 16.1. The summed E-state index contributed by atoms with van der Waals surface area (Å²) >= 11 is 0. The Bertz CT molecular complexity index is 544. The molecule has 0 aliphatic carbocycles. The lowest BCUT2D eigenvalue weighted by atomic mass is 10.1. The van der Waals surface area contributed by atoms with Crippen LogP contribution in [0.5, 0.6) is 0 Å². The smallest absolute Gasteiger partial charge is 0.270 e. The molecule has 0 aromatic heterocycles. The third-order valence-corrected chi connectivity index (χ3v) is 2.60. The summed E-state index contributed by atoms with van der Waals surface area (Å²) in [7, 11) is 0. The maximum atomic E-state index is 12.0. The minimum atomic E-state index is -0.865. The highest BCUT2D eigenvalue weighted by Crippen LogP contribution is 2.22. The zero-order valence-electron chi connectivity index (χ0n) is 11.2. The molecule has 4 N–H and O–H groups in total. The van der Waals surface area contributed by atoms with Gasteiger partial charge in [0.05, 0.1) is 10.5 Å². The minimum absolute atomic E-state index is 0.0918. The summed E-state index contributed by atoms with van der Waals surface area (Å²) in [6, 6.07) is 3.04. The van der Waals surface area contributed by atoms with Crippen molar-refractivity contribution in [3.8, 4) is 0 Å². The van der Waals surface area contributed by atoms with Gasteiger partial charge in [0.2, 0.25) is 5.91 Å². The molecule has 0 heterocycles. The van der Waals surface area contributed by atoms with E-state index in [2.05, 4.69) is 10.6 Å². The topological polar surface area (TPSA) is 127 Å². The van der Waals surface area contributed by atoms with Gasteiger partial charge in [-0.05, 0) is 19.9 Å². The van der Waals surface area contributed by atoms with E-state index < -0.39 is 22.8 Å². The normalized spacial score (nSPS) is 11.5. The van der Waals surface area contributed by atoms with Crippen LogP contribution in [0.2, 0.25) is 0 Å². The number of rotatable bonds is 6. The summed E-state index contributed by atoms with van der Waals surface area (Å²) in [5.74, 6) is -1.29. The van der Waals surface area contributed by atoms with Crippen molar-refractivity contribution in [1.29, 1.82) is 0 Å². The second kappa shape index (κ2) is 6.50. The number of nitro groups is 1. The fourth-order valence-electron chi connectivity index (χ4n) is 1.52. The minimum Gasteiger partial charge on any atom is -0.385 e. The number of benzene rings is 1. The zero-order valence-corrected chi connectivity index (χ0v) is 11.2. The molecular formula is C12H16N4O4. The van der Waals surface area contributed by atoms with Gasteiger partial charge in [0.15, 0.2) is 0 Å². The highest BCUT2D eigenvalue weighted by molar-refractivity contribution is 6.02. The number of carbonyl (C=O) groups excluding carboxylic acids is 2. The van der Waals surface area contributed by atoms with Crippen molar-refractivity contribution in [2.75, 3.05) is 11.9 Å². The Morgan fingerprint density at radius 3 is 2.60 bits per heavy atom. The molecule has 0 bridgehead atoms. The van der Waals surface area contributed by atoms with Crippen molar-refractivity contribution in [3.63, 3.8) is 0 Å². The van der Waals surface area contributed by atoms with Crippen molar-refractivity contribution in [2.45, 2.75) is 19.9 Å². The monoisotopic (exact) mass is 280 g/mol. The molecule has 1 aromatic carbocycles. The first-order chi connectivity index (χ1) is 9.36. The van der Waals surface area contributed by atoms with E-state index in [1.807, 2.05) is 6.92 Å². The van der Waals surface area contributed by atoms with E-state index in [9.17, 15) is 19.7 Å². The highest BCUT2D eigenvalue weighted by atomic mass is 16.6. The largest absolute Gasteiger partial charge is 0.385 e. The molecule has 1 rings (SSSR count). The molecular weight excluding hydrogens is 264 g/mol. The summed E-state index contributed by atoms with van der Waals surface area (Å²) in [5.41, 5.74) is 5.40. The fraction of sp³-hybridized carbons (Fsp3) is 0.333. The average molecular weight is 280 g/mol. The molecule has 108 valence electrons.